The van der Waals surface area contributed by atoms with E-state index in [1.54, 1.807) is 7.11 Å². The van der Waals surface area contributed by atoms with Gasteiger partial charge in [0.15, 0.2) is 0 Å². The van der Waals surface area contributed by atoms with Crippen molar-refractivity contribution >= 4 is 22.8 Å². The fraction of sp³-hybridized carbons (Fsp3) is 0.528. The van der Waals surface area contributed by atoms with Crippen LogP contribution in [0.2, 0.25) is 0 Å². The number of carboxylic acids is 1. The summed E-state index contributed by atoms with van der Waals surface area (Å²) in [5.74, 6) is 0.298. The smallest absolute Gasteiger partial charge is 0.309 e. The van der Waals surface area contributed by atoms with Crippen LogP contribution < -0.4 is 10.1 Å². The number of carbonyl (C=O) groups is 2. The number of fused-ring (bicyclic) bond motifs is 4. The van der Waals surface area contributed by atoms with Gasteiger partial charge in [0.2, 0.25) is 0 Å². The number of benzene rings is 2. The SMILES string of the molecule is COc1cc(C)c2[nH]ccc2c1CN1CCC2(CC(C#N)C2)CC1c1ccc(C(=O)NC23CCC(C(=O)O)(CC2)CC3)cc1. The van der Waals surface area contributed by atoms with Crippen LogP contribution in [0.3, 0.4) is 0 Å². The molecule has 1 aromatic heterocycles. The third kappa shape index (κ3) is 4.77. The minimum atomic E-state index is -0.686. The molecule has 2 aromatic carbocycles. The Morgan fingerprint density at radius 2 is 1.77 bits per heavy atom. The van der Waals surface area contributed by atoms with E-state index >= 15 is 0 Å². The van der Waals surface area contributed by atoms with Gasteiger partial charge in [0, 0.05) is 52.3 Å². The first-order valence-electron chi connectivity index (χ1n) is 16.1. The lowest BCUT2D eigenvalue weighted by molar-refractivity contribution is -0.156. The van der Waals surface area contributed by atoms with Crippen molar-refractivity contribution in [1.29, 1.82) is 5.26 Å². The van der Waals surface area contributed by atoms with Crippen LogP contribution in [-0.4, -0.2) is 46.1 Å². The van der Waals surface area contributed by atoms with Gasteiger partial charge in [-0.25, -0.2) is 0 Å². The molecule has 1 amide bonds. The molecule has 1 saturated heterocycles. The van der Waals surface area contributed by atoms with Crippen LogP contribution in [0.1, 0.15) is 97.3 Å². The van der Waals surface area contributed by atoms with Gasteiger partial charge < -0.3 is 20.1 Å². The van der Waals surface area contributed by atoms with E-state index in [1.165, 1.54) is 16.5 Å². The second-order valence-electron chi connectivity index (χ2n) is 14.3. The molecular weight excluding hydrogens is 552 g/mol. The number of nitriles is 1. The number of aryl methyl sites for hydroxylation is 1. The number of nitrogens with zero attached hydrogens (tertiary/aromatic N) is 2. The van der Waals surface area contributed by atoms with Crippen LogP contribution in [0.15, 0.2) is 42.6 Å². The number of ether oxygens (including phenoxy) is 1. The first-order valence-corrected chi connectivity index (χ1v) is 16.1. The number of carbonyl (C=O) groups excluding carboxylic acids is 1. The van der Waals surface area contributed by atoms with Crippen molar-refractivity contribution in [1.82, 2.24) is 15.2 Å². The Hall–Kier alpha value is -3.83. The van der Waals surface area contributed by atoms with Crippen LogP contribution in [0.25, 0.3) is 10.9 Å². The third-order valence-corrected chi connectivity index (χ3v) is 11.9. The summed E-state index contributed by atoms with van der Waals surface area (Å²) in [6.07, 6.45) is 10.1. The van der Waals surface area contributed by atoms with Crippen molar-refractivity contribution in [3.63, 3.8) is 0 Å². The van der Waals surface area contributed by atoms with Gasteiger partial charge in [-0.05, 0) is 118 Å². The highest BCUT2D eigenvalue weighted by molar-refractivity contribution is 5.95. The summed E-state index contributed by atoms with van der Waals surface area (Å²) < 4.78 is 5.88. The maximum absolute atomic E-state index is 13.4. The highest BCUT2D eigenvalue weighted by Crippen LogP contribution is 2.57. The van der Waals surface area contributed by atoms with Gasteiger partial charge in [0.25, 0.3) is 5.91 Å². The number of rotatable bonds is 7. The third-order valence-electron chi connectivity index (χ3n) is 11.9. The zero-order valence-electron chi connectivity index (χ0n) is 25.7. The molecule has 1 atom stereocenters. The molecule has 0 radical (unpaired) electrons. The Balaban J connectivity index is 1.12. The van der Waals surface area contributed by atoms with E-state index in [1.807, 2.05) is 18.3 Å². The molecule has 8 rings (SSSR count). The fourth-order valence-electron chi connectivity index (χ4n) is 8.99. The number of hydrogen-bond donors (Lipinski definition) is 3. The minimum Gasteiger partial charge on any atom is -0.496 e. The summed E-state index contributed by atoms with van der Waals surface area (Å²) >= 11 is 0. The Morgan fingerprint density at radius 3 is 2.41 bits per heavy atom. The molecule has 230 valence electrons. The summed E-state index contributed by atoms with van der Waals surface area (Å²) in [4.78, 5) is 31.2. The number of methoxy groups -OCH3 is 1. The van der Waals surface area contributed by atoms with Crippen LogP contribution in [0, 0.1) is 35.0 Å². The summed E-state index contributed by atoms with van der Waals surface area (Å²) in [6, 6.07) is 15.0. The molecule has 2 heterocycles. The number of hydrogen-bond acceptors (Lipinski definition) is 5. The number of likely N-dealkylation sites (tertiary alicyclic amines) is 1. The Kier molecular flexibility index (Phi) is 7.00. The van der Waals surface area contributed by atoms with E-state index < -0.39 is 11.4 Å². The summed E-state index contributed by atoms with van der Waals surface area (Å²) in [6.45, 7) is 3.79. The number of amides is 1. The number of aromatic amines is 1. The largest absolute Gasteiger partial charge is 0.496 e. The minimum absolute atomic E-state index is 0.0756. The average molecular weight is 595 g/mol. The van der Waals surface area contributed by atoms with Crippen LogP contribution in [0.4, 0.5) is 0 Å². The standard InChI is InChI=1S/C36H42N4O4/c1-23-17-30(44-2)28(27-7-15-38-31(23)27)22-40-16-14-34(18-24(19-34)21-37)20-29(40)25-3-5-26(6-4-25)32(41)39-36-11-8-35(9-12-36,10-13-36)33(42)43/h3-7,15,17,24,29,38H,8-14,16,18-20,22H2,1-2H3,(H,39,41)(H,42,43). The molecule has 1 aliphatic heterocycles. The number of nitrogens with one attached hydrogen (secondary N) is 2. The van der Waals surface area contributed by atoms with Gasteiger partial charge >= 0.3 is 5.97 Å². The number of carboxylic acid groups (broad SMARTS) is 1. The molecule has 4 aliphatic carbocycles. The van der Waals surface area contributed by atoms with E-state index in [9.17, 15) is 20.0 Å². The number of H-pyrrole nitrogens is 1. The normalized spacial score (nSPS) is 31.4. The maximum Gasteiger partial charge on any atom is 0.309 e. The van der Waals surface area contributed by atoms with E-state index in [2.05, 4.69) is 52.5 Å². The lowest BCUT2D eigenvalue weighted by Gasteiger charge is -2.53. The van der Waals surface area contributed by atoms with Gasteiger partial charge in [0.05, 0.1) is 18.6 Å². The summed E-state index contributed by atoms with van der Waals surface area (Å²) in [7, 11) is 1.74. The van der Waals surface area contributed by atoms with Crippen molar-refractivity contribution < 1.29 is 19.4 Å². The van der Waals surface area contributed by atoms with Gasteiger partial charge in [-0.2, -0.15) is 5.26 Å². The summed E-state index contributed by atoms with van der Waals surface area (Å²) in [5, 5.41) is 23.8. The van der Waals surface area contributed by atoms with Crippen molar-refractivity contribution in [3.8, 4) is 11.8 Å². The highest BCUT2D eigenvalue weighted by Gasteiger charge is 2.53. The average Bonchev–Trinajstić information content (AvgIpc) is 3.53. The van der Waals surface area contributed by atoms with Gasteiger partial charge in [-0.3, -0.25) is 14.5 Å². The van der Waals surface area contributed by atoms with Gasteiger partial charge in [-0.1, -0.05) is 12.1 Å². The van der Waals surface area contributed by atoms with Crippen LogP contribution in [0.5, 0.6) is 5.75 Å². The predicted molar refractivity (Wildman–Crippen MR) is 167 cm³/mol. The van der Waals surface area contributed by atoms with Crippen molar-refractivity contribution in [2.45, 2.75) is 89.3 Å². The Morgan fingerprint density at radius 1 is 1.07 bits per heavy atom. The lowest BCUT2D eigenvalue weighted by Crippen LogP contribution is -2.58. The molecule has 4 saturated carbocycles. The molecule has 8 heteroatoms. The van der Waals surface area contributed by atoms with E-state index in [-0.39, 0.29) is 28.8 Å². The first-order chi connectivity index (χ1) is 21.2. The molecule has 8 nitrogen and oxygen atoms in total. The molecule has 5 fully saturated rings. The van der Waals surface area contributed by atoms with Gasteiger partial charge in [-0.15, -0.1) is 0 Å². The quantitative estimate of drug-likeness (QED) is 0.282. The van der Waals surface area contributed by atoms with Crippen LogP contribution in [-0.2, 0) is 11.3 Å². The maximum atomic E-state index is 13.4. The van der Waals surface area contributed by atoms with E-state index in [0.717, 1.165) is 74.9 Å². The van der Waals surface area contributed by atoms with E-state index in [4.69, 9.17) is 4.74 Å². The molecule has 3 N–H and O–H groups in total. The van der Waals surface area contributed by atoms with Gasteiger partial charge in [0.1, 0.15) is 5.75 Å². The predicted octanol–water partition coefficient (Wildman–Crippen LogP) is 6.65. The molecule has 3 aromatic rings. The molecule has 5 aliphatic rings. The monoisotopic (exact) mass is 594 g/mol. The molecule has 44 heavy (non-hydrogen) atoms. The van der Waals surface area contributed by atoms with Crippen molar-refractivity contribution in [2.24, 2.45) is 16.7 Å². The number of piperidine rings is 1. The van der Waals surface area contributed by atoms with E-state index in [0.29, 0.717) is 24.8 Å². The van der Waals surface area contributed by atoms with Crippen molar-refractivity contribution in [2.75, 3.05) is 13.7 Å². The zero-order valence-corrected chi connectivity index (χ0v) is 25.7. The molecule has 1 spiro atoms. The van der Waals surface area contributed by atoms with Crippen LogP contribution >= 0.6 is 0 Å². The second kappa shape index (κ2) is 10.7. The molecule has 2 bridgehead atoms. The Bertz CT molecular complexity index is 1620. The zero-order chi connectivity index (χ0) is 30.7. The first kappa shape index (κ1) is 28.9. The number of aromatic nitrogens is 1. The second-order valence-corrected chi connectivity index (χ2v) is 14.3. The summed E-state index contributed by atoms with van der Waals surface area (Å²) in [5.41, 5.74) is 4.62. The highest BCUT2D eigenvalue weighted by atomic mass is 16.5. The Labute approximate surface area is 258 Å². The molecular formula is C36H42N4O4. The molecule has 1 unspecified atom stereocenters. The van der Waals surface area contributed by atoms with Crippen molar-refractivity contribution in [3.05, 3.63) is 64.8 Å². The topological polar surface area (TPSA) is 118 Å². The fourth-order valence-corrected chi connectivity index (χ4v) is 8.99. The lowest BCUT2D eigenvalue weighted by atomic mass is 9.56. The number of aliphatic carboxylic acids is 1.